The Morgan fingerprint density at radius 1 is 1.38 bits per heavy atom. The molecule has 0 amide bonds. The van der Waals surface area contributed by atoms with Crippen LogP contribution in [0.2, 0.25) is 0 Å². The van der Waals surface area contributed by atoms with Crippen molar-refractivity contribution in [2.24, 2.45) is 0 Å². The molecule has 1 aliphatic rings. The van der Waals surface area contributed by atoms with Gasteiger partial charge < -0.3 is 5.11 Å². The van der Waals surface area contributed by atoms with Gasteiger partial charge in [0.15, 0.2) is 5.72 Å². The molecule has 1 saturated heterocycles. The Morgan fingerprint density at radius 2 is 1.92 bits per heavy atom. The molecule has 13 heavy (non-hydrogen) atoms. The van der Waals surface area contributed by atoms with Gasteiger partial charge in [-0.15, -0.1) is 0 Å². The van der Waals surface area contributed by atoms with Crippen LogP contribution in [0, 0.1) is 0 Å². The molecule has 2 nitrogen and oxygen atoms in total. The molecule has 1 fully saturated rings. The fourth-order valence-electron chi connectivity index (χ4n) is 3.21. The van der Waals surface area contributed by atoms with E-state index < -0.39 is 5.72 Å². The maximum Gasteiger partial charge on any atom is 0.197 e. The van der Waals surface area contributed by atoms with Gasteiger partial charge >= 0.3 is 0 Å². The average Bonchev–Trinajstić information content (AvgIpc) is 2.05. The van der Waals surface area contributed by atoms with Crippen LogP contribution in [-0.2, 0) is 0 Å². The van der Waals surface area contributed by atoms with Crippen molar-refractivity contribution in [3.05, 3.63) is 0 Å². The van der Waals surface area contributed by atoms with Crippen molar-refractivity contribution in [1.29, 1.82) is 0 Å². The van der Waals surface area contributed by atoms with Crippen molar-refractivity contribution < 1.29 is 9.59 Å². The van der Waals surface area contributed by atoms with Gasteiger partial charge in [0, 0.05) is 13.3 Å². The zero-order chi connectivity index (χ0) is 10.1. The lowest BCUT2D eigenvalue weighted by Gasteiger charge is -2.54. The van der Waals surface area contributed by atoms with Gasteiger partial charge in [-0.2, -0.15) is 0 Å². The molecule has 0 aromatic rings. The molecule has 2 heteroatoms. The van der Waals surface area contributed by atoms with E-state index in [2.05, 4.69) is 20.8 Å². The van der Waals surface area contributed by atoms with Crippen LogP contribution in [0.15, 0.2) is 0 Å². The molecule has 78 valence electrons. The maximum absolute atomic E-state index is 10.4. The van der Waals surface area contributed by atoms with Crippen LogP contribution in [-0.4, -0.2) is 34.4 Å². The first-order valence-corrected chi connectivity index (χ1v) is 5.59. The third-order valence-electron chi connectivity index (χ3n) is 4.20. The number of hydrogen-bond acceptors (Lipinski definition) is 1. The zero-order valence-electron chi connectivity index (χ0n) is 9.51. The first-order valence-electron chi connectivity index (χ1n) is 5.59. The largest absolute Gasteiger partial charge is 0.343 e. The average molecular weight is 186 g/mol. The van der Waals surface area contributed by atoms with Crippen molar-refractivity contribution in [2.45, 2.75) is 58.7 Å². The second-order valence-corrected chi connectivity index (χ2v) is 4.62. The van der Waals surface area contributed by atoms with E-state index in [0.29, 0.717) is 6.04 Å². The van der Waals surface area contributed by atoms with E-state index >= 15 is 0 Å². The summed E-state index contributed by atoms with van der Waals surface area (Å²) in [6.07, 6.45) is 3.39. The van der Waals surface area contributed by atoms with Gasteiger partial charge in [0.25, 0.3) is 0 Å². The predicted molar refractivity (Wildman–Crippen MR) is 55.3 cm³/mol. The predicted octanol–water partition coefficient (Wildman–Crippen LogP) is 2.12. The summed E-state index contributed by atoms with van der Waals surface area (Å²) in [4.78, 5) is 0. The summed E-state index contributed by atoms with van der Waals surface area (Å²) >= 11 is 0. The quantitative estimate of drug-likeness (QED) is 0.655. The van der Waals surface area contributed by atoms with E-state index in [1.54, 1.807) is 0 Å². The molecular weight excluding hydrogens is 162 g/mol. The summed E-state index contributed by atoms with van der Waals surface area (Å²) in [5, 5.41) is 10.4. The van der Waals surface area contributed by atoms with E-state index in [9.17, 15) is 5.11 Å². The first kappa shape index (κ1) is 11.0. The highest BCUT2D eigenvalue weighted by atomic mass is 16.3. The molecule has 1 heterocycles. The molecule has 1 aliphatic heterocycles. The zero-order valence-corrected chi connectivity index (χ0v) is 9.51. The van der Waals surface area contributed by atoms with E-state index in [-0.39, 0.29) is 0 Å². The molecule has 1 rings (SSSR count). The fraction of sp³-hybridized carbons (Fsp3) is 1.00. The lowest BCUT2D eigenvalue weighted by Crippen LogP contribution is -2.68. The first-order chi connectivity index (χ1) is 6.00. The lowest BCUT2D eigenvalue weighted by atomic mass is 9.90. The van der Waals surface area contributed by atoms with Crippen LogP contribution >= 0.6 is 0 Å². The lowest BCUT2D eigenvalue weighted by molar-refractivity contribution is -1.02. The smallest absolute Gasteiger partial charge is 0.197 e. The number of rotatable bonds is 2. The van der Waals surface area contributed by atoms with Crippen LogP contribution < -0.4 is 0 Å². The van der Waals surface area contributed by atoms with Crippen molar-refractivity contribution in [3.8, 4) is 0 Å². The van der Waals surface area contributed by atoms with Crippen molar-refractivity contribution in [1.82, 2.24) is 0 Å². The van der Waals surface area contributed by atoms with Gasteiger partial charge in [0.1, 0.15) is 0 Å². The summed E-state index contributed by atoms with van der Waals surface area (Å²) in [7, 11) is 0. The van der Waals surface area contributed by atoms with Crippen LogP contribution in [0.4, 0.5) is 0 Å². The molecule has 1 N–H and O–H groups in total. The Kier molecular flexibility index (Phi) is 3.03. The van der Waals surface area contributed by atoms with Crippen LogP contribution in [0.3, 0.4) is 0 Å². The van der Waals surface area contributed by atoms with Gasteiger partial charge in [0.2, 0.25) is 0 Å². The molecule has 0 aromatic carbocycles. The molecule has 0 spiro atoms. The topological polar surface area (TPSA) is 20.2 Å². The minimum atomic E-state index is -0.499. The Morgan fingerprint density at radius 3 is 2.23 bits per heavy atom. The summed E-state index contributed by atoms with van der Waals surface area (Å²) in [6.45, 7) is 10.8. The Hall–Kier alpha value is -0.0800. The number of nitrogens with zero attached hydrogens (tertiary/aromatic N) is 1. The molecule has 0 aliphatic carbocycles. The van der Waals surface area contributed by atoms with Crippen LogP contribution in [0.1, 0.15) is 47.0 Å². The molecule has 0 aromatic heterocycles. The van der Waals surface area contributed by atoms with Gasteiger partial charge in [0.05, 0.1) is 19.1 Å². The third kappa shape index (κ3) is 1.50. The highest BCUT2D eigenvalue weighted by molar-refractivity contribution is 4.73. The normalized spacial score (nSPS) is 39.0. The highest BCUT2D eigenvalue weighted by Gasteiger charge is 2.49. The molecule has 2 unspecified atom stereocenters. The Bertz CT molecular complexity index is 173. The van der Waals surface area contributed by atoms with Crippen molar-refractivity contribution >= 4 is 0 Å². The van der Waals surface area contributed by atoms with E-state index in [4.69, 9.17) is 0 Å². The fourth-order valence-corrected chi connectivity index (χ4v) is 3.21. The number of aliphatic hydroxyl groups is 1. The molecular formula is C11H24NO+. The molecule has 2 atom stereocenters. The second-order valence-electron chi connectivity index (χ2n) is 4.62. The van der Waals surface area contributed by atoms with Crippen LogP contribution in [0.25, 0.3) is 0 Å². The molecule has 0 bridgehead atoms. The maximum atomic E-state index is 10.4. The molecule has 0 radical (unpaired) electrons. The van der Waals surface area contributed by atoms with Gasteiger partial charge in [-0.05, 0) is 33.6 Å². The third-order valence-corrected chi connectivity index (χ3v) is 4.20. The van der Waals surface area contributed by atoms with Gasteiger partial charge in [-0.1, -0.05) is 0 Å². The Labute approximate surface area is 82.1 Å². The van der Waals surface area contributed by atoms with Gasteiger partial charge in [-0.25, -0.2) is 0 Å². The minimum Gasteiger partial charge on any atom is -0.343 e. The number of quaternary nitrogens is 1. The monoisotopic (exact) mass is 186 g/mol. The summed E-state index contributed by atoms with van der Waals surface area (Å²) < 4.78 is 0.882. The van der Waals surface area contributed by atoms with Gasteiger partial charge in [-0.3, -0.25) is 4.48 Å². The van der Waals surface area contributed by atoms with Crippen LogP contribution in [0.5, 0.6) is 0 Å². The van der Waals surface area contributed by atoms with Crippen molar-refractivity contribution in [3.63, 3.8) is 0 Å². The van der Waals surface area contributed by atoms with E-state index in [1.165, 1.54) is 12.8 Å². The SMILES string of the molecule is CC[N+]1(CC)C(C)CCCC1(C)O. The van der Waals surface area contributed by atoms with Crippen molar-refractivity contribution in [2.75, 3.05) is 13.1 Å². The minimum absolute atomic E-state index is 0.499. The Balaban J connectivity index is 2.96. The number of likely N-dealkylation sites (tertiary alicyclic amines) is 1. The van der Waals surface area contributed by atoms with E-state index in [1.807, 2.05) is 6.92 Å². The number of piperidine rings is 1. The van der Waals surface area contributed by atoms with E-state index in [0.717, 1.165) is 24.0 Å². The summed E-state index contributed by atoms with van der Waals surface area (Å²) in [6, 6.07) is 0.610. The second kappa shape index (κ2) is 3.58. The number of hydrogen-bond donors (Lipinski definition) is 1. The highest BCUT2D eigenvalue weighted by Crippen LogP contribution is 2.37. The standard InChI is InChI=1S/C11H24NO/c1-5-12(6-2)10(3)8-7-9-11(12,4)13/h10,13H,5-9H2,1-4H3/q+1. The molecule has 0 saturated carbocycles. The summed E-state index contributed by atoms with van der Waals surface area (Å²) in [5.74, 6) is 0. The summed E-state index contributed by atoms with van der Waals surface area (Å²) in [5.41, 5.74) is -0.499.